The Kier molecular flexibility index (Phi) is 4.68. The first-order valence-electron chi connectivity index (χ1n) is 7.40. The molecule has 112 valence electrons. The Morgan fingerprint density at radius 2 is 2.10 bits per heavy atom. The molecule has 1 heterocycles. The van der Waals surface area contributed by atoms with E-state index in [1.807, 2.05) is 31.3 Å². The lowest BCUT2D eigenvalue weighted by Crippen LogP contribution is -2.38. The van der Waals surface area contributed by atoms with Crippen molar-refractivity contribution in [2.75, 3.05) is 26.0 Å². The minimum absolute atomic E-state index is 0.250. The lowest BCUT2D eigenvalue weighted by atomic mass is 10.0. The van der Waals surface area contributed by atoms with Gasteiger partial charge in [0, 0.05) is 29.2 Å². The summed E-state index contributed by atoms with van der Waals surface area (Å²) >= 11 is 0. The Bertz CT molecular complexity index is 637. The molecular formula is C17H21NO2S. The third kappa shape index (κ3) is 3.34. The van der Waals surface area contributed by atoms with Crippen molar-refractivity contribution in [3.8, 4) is 0 Å². The van der Waals surface area contributed by atoms with E-state index in [0.29, 0.717) is 11.7 Å². The summed E-state index contributed by atoms with van der Waals surface area (Å²) in [5.74, 6) is 1.11. The van der Waals surface area contributed by atoms with Crippen molar-refractivity contribution >= 4 is 21.6 Å². The standard InChI is InChI=1S/C17H21NO2S/c1-18-17(15-8-9-20-11-15)12-21(19)16-7-6-13-4-2-3-5-14(13)10-16/h2-7,10,15,17-18H,8-9,11-12H2,1H3. The largest absolute Gasteiger partial charge is 0.381 e. The van der Waals surface area contributed by atoms with Crippen molar-refractivity contribution in [1.29, 1.82) is 0 Å². The van der Waals surface area contributed by atoms with Crippen LogP contribution < -0.4 is 5.32 Å². The van der Waals surface area contributed by atoms with Gasteiger partial charge in [0.15, 0.2) is 0 Å². The van der Waals surface area contributed by atoms with Crippen LogP contribution in [0.4, 0.5) is 0 Å². The maximum absolute atomic E-state index is 12.6. The molecule has 0 aromatic heterocycles. The Labute approximate surface area is 128 Å². The summed E-state index contributed by atoms with van der Waals surface area (Å²) in [5.41, 5.74) is 0. The maximum Gasteiger partial charge on any atom is 0.0545 e. The van der Waals surface area contributed by atoms with Gasteiger partial charge in [-0.05, 0) is 36.4 Å². The highest BCUT2D eigenvalue weighted by molar-refractivity contribution is 7.85. The quantitative estimate of drug-likeness (QED) is 0.922. The van der Waals surface area contributed by atoms with Gasteiger partial charge in [-0.1, -0.05) is 30.3 Å². The molecule has 3 rings (SSSR count). The van der Waals surface area contributed by atoms with E-state index >= 15 is 0 Å². The number of nitrogens with one attached hydrogen (secondary N) is 1. The summed E-state index contributed by atoms with van der Waals surface area (Å²) in [6.07, 6.45) is 1.06. The molecule has 0 bridgehead atoms. The fourth-order valence-corrected chi connectivity index (χ4v) is 4.33. The van der Waals surface area contributed by atoms with Gasteiger partial charge < -0.3 is 10.1 Å². The molecule has 0 spiro atoms. The van der Waals surface area contributed by atoms with Crippen LogP contribution in [0.25, 0.3) is 10.8 Å². The minimum atomic E-state index is -0.983. The zero-order valence-corrected chi connectivity index (χ0v) is 13.1. The average molecular weight is 303 g/mol. The first-order chi connectivity index (χ1) is 10.3. The second-order valence-electron chi connectivity index (χ2n) is 5.54. The Hall–Kier alpha value is -1.23. The summed E-state index contributed by atoms with van der Waals surface area (Å²) in [7, 11) is 0.962. The number of benzene rings is 2. The normalized spacial score (nSPS) is 21.5. The van der Waals surface area contributed by atoms with Crippen molar-refractivity contribution in [3.63, 3.8) is 0 Å². The smallest absolute Gasteiger partial charge is 0.0545 e. The molecule has 1 fully saturated rings. The molecule has 1 saturated heterocycles. The average Bonchev–Trinajstić information content (AvgIpc) is 3.06. The molecule has 1 N–H and O–H groups in total. The molecule has 0 saturated carbocycles. The predicted octanol–water partition coefficient (Wildman–Crippen LogP) is 2.57. The van der Waals surface area contributed by atoms with E-state index in [2.05, 4.69) is 23.5 Å². The van der Waals surface area contributed by atoms with Gasteiger partial charge in [0.2, 0.25) is 0 Å². The van der Waals surface area contributed by atoms with E-state index in [9.17, 15) is 4.21 Å². The van der Waals surface area contributed by atoms with Crippen LogP contribution in [0.15, 0.2) is 47.4 Å². The molecule has 21 heavy (non-hydrogen) atoms. The van der Waals surface area contributed by atoms with E-state index in [-0.39, 0.29) is 6.04 Å². The van der Waals surface area contributed by atoms with Crippen LogP contribution in [0.1, 0.15) is 6.42 Å². The summed E-state index contributed by atoms with van der Waals surface area (Å²) in [6, 6.07) is 14.5. The molecule has 2 aromatic rings. The molecule has 3 nitrogen and oxygen atoms in total. The van der Waals surface area contributed by atoms with Gasteiger partial charge in [0.25, 0.3) is 0 Å². The van der Waals surface area contributed by atoms with Crippen LogP contribution in [-0.2, 0) is 15.5 Å². The molecule has 0 amide bonds. The van der Waals surface area contributed by atoms with Gasteiger partial charge in [-0.3, -0.25) is 4.21 Å². The number of hydrogen-bond donors (Lipinski definition) is 1. The lowest BCUT2D eigenvalue weighted by Gasteiger charge is -2.21. The highest BCUT2D eigenvalue weighted by Gasteiger charge is 2.26. The van der Waals surface area contributed by atoms with Crippen molar-refractivity contribution in [3.05, 3.63) is 42.5 Å². The second kappa shape index (κ2) is 6.69. The van der Waals surface area contributed by atoms with Gasteiger partial charge in [-0.15, -0.1) is 0 Å². The predicted molar refractivity (Wildman–Crippen MR) is 87.0 cm³/mol. The van der Waals surface area contributed by atoms with E-state index in [1.165, 1.54) is 5.39 Å². The molecule has 1 aliphatic heterocycles. The first kappa shape index (κ1) is 14.7. The van der Waals surface area contributed by atoms with E-state index in [4.69, 9.17) is 4.74 Å². The van der Waals surface area contributed by atoms with Crippen LogP contribution in [-0.4, -0.2) is 36.3 Å². The number of hydrogen-bond acceptors (Lipinski definition) is 3. The third-order valence-electron chi connectivity index (χ3n) is 4.22. The molecule has 3 atom stereocenters. The topological polar surface area (TPSA) is 38.3 Å². The van der Waals surface area contributed by atoms with Crippen LogP contribution in [0.5, 0.6) is 0 Å². The van der Waals surface area contributed by atoms with E-state index in [0.717, 1.165) is 29.9 Å². The lowest BCUT2D eigenvalue weighted by molar-refractivity contribution is 0.179. The van der Waals surface area contributed by atoms with Crippen molar-refractivity contribution in [1.82, 2.24) is 5.32 Å². The van der Waals surface area contributed by atoms with Gasteiger partial charge in [0.1, 0.15) is 0 Å². The highest BCUT2D eigenvalue weighted by Crippen LogP contribution is 2.21. The highest BCUT2D eigenvalue weighted by atomic mass is 32.2. The molecule has 1 aliphatic rings. The molecule has 2 aromatic carbocycles. The van der Waals surface area contributed by atoms with Gasteiger partial charge in [-0.25, -0.2) is 0 Å². The zero-order valence-electron chi connectivity index (χ0n) is 12.2. The summed E-state index contributed by atoms with van der Waals surface area (Å²) in [4.78, 5) is 0.910. The number of rotatable bonds is 5. The van der Waals surface area contributed by atoms with Gasteiger partial charge in [-0.2, -0.15) is 0 Å². The minimum Gasteiger partial charge on any atom is -0.381 e. The van der Waals surface area contributed by atoms with Gasteiger partial charge >= 0.3 is 0 Å². The zero-order chi connectivity index (χ0) is 14.7. The monoisotopic (exact) mass is 303 g/mol. The fraction of sp³-hybridized carbons (Fsp3) is 0.412. The van der Waals surface area contributed by atoms with Crippen molar-refractivity contribution < 1.29 is 8.95 Å². The Morgan fingerprint density at radius 3 is 2.81 bits per heavy atom. The SMILES string of the molecule is CNC(CS(=O)c1ccc2ccccc2c1)C1CCOC1. The second-order valence-corrected chi connectivity index (χ2v) is 7.04. The van der Waals surface area contributed by atoms with E-state index in [1.54, 1.807) is 0 Å². The van der Waals surface area contributed by atoms with Crippen LogP contribution in [0.2, 0.25) is 0 Å². The summed E-state index contributed by atoms with van der Waals surface area (Å²) in [6.45, 7) is 1.60. The Balaban J connectivity index is 1.76. The summed E-state index contributed by atoms with van der Waals surface area (Å²) < 4.78 is 18.1. The van der Waals surface area contributed by atoms with Crippen LogP contribution >= 0.6 is 0 Å². The van der Waals surface area contributed by atoms with Crippen molar-refractivity contribution in [2.45, 2.75) is 17.4 Å². The van der Waals surface area contributed by atoms with Crippen molar-refractivity contribution in [2.24, 2.45) is 5.92 Å². The maximum atomic E-state index is 12.6. The third-order valence-corrected chi connectivity index (χ3v) is 5.66. The number of ether oxygens (including phenoxy) is 1. The molecular weight excluding hydrogens is 282 g/mol. The summed E-state index contributed by atoms with van der Waals surface area (Å²) in [5, 5.41) is 5.64. The molecule has 0 aliphatic carbocycles. The van der Waals surface area contributed by atoms with Crippen LogP contribution in [0, 0.1) is 5.92 Å². The van der Waals surface area contributed by atoms with Crippen LogP contribution in [0.3, 0.4) is 0 Å². The first-order valence-corrected chi connectivity index (χ1v) is 8.72. The molecule has 0 radical (unpaired) electrons. The molecule has 4 heteroatoms. The molecule has 3 unspecified atom stereocenters. The van der Waals surface area contributed by atoms with Gasteiger partial charge in [0.05, 0.1) is 17.4 Å². The number of fused-ring (bicyclic) bond motifs is 1. The fourth-order valence-electron chi connectivity index (χ4n) is 2.89. The Morgan fingerprint density at radius 1 is 1.29 bits per heavy atom. The van der Waals surface area contributed by atoms with E-state index < -0.39 is 10.8 Å².